The number of thioether (sulfide) groups is 1. The standard InChI is InChI=1S/C13H15NOS2/c1-10-13(17-9-14-10)6-7-16-12-4-2-11(8-15)3-5-12/h2-5,9,15H,6-8H2,1H3. The lowest BCUT2D eigenvalue weighted by Crippen LogP contribution is -1.88. The highest BCUT2D eigenvalue weighted by Crippen LogP contribution is 2.21. The minimum absolute atomic E-state index is 0.116. The molecule has 1 N–H and O–H groups in total. The number of rotatable bonds is 5. The summed E-state index contributed by atoms with van der Waals surface area (Å²) in [5.74, 6) is 1.07. The first-order valence-electron chi connectivity index (χ1n) is 5.51. The van der Waals surface area contributed by atoms with Gasteiger partial charge in [-0.05, 0) is 31.0 Å². The Hall–Kier alpha value is -0.840. The molecule has 2 rings (SSSR count). The van der Waals surface area contributed by atoms with Crippen LogP contribution < -0.4 is 0 Å². The van der Waals surface area contributed by atoms with E-state index < -0.39 is 0 Å². The van der Waals surface area contributed by atoms with Gasteiger partial charge in [0.25, 0.3) is 0 Å². The molecule has 4 heteroatoms. The van der Waals surface area contributed by atoms with Gasteiger partial charge in [0.15, 0.2) is 0 Å². The molecule has 0 amide bonds. The normalized spacial score (nSPS) is 10.7. The molecule has 0 spiro atoms. The van der Waals surface area contributed by atoms with Gasteiger partial charge in [0, 0.05) is 15.5 Å². The average molecular weight is 265 g/mol. The highest BCUT2D eigenvalue weighted by molar-refractivity contribution is 7.99. The van der Waals surface area contributed by atoms with E-state index in [0.29, 0.717) is 0 Å². The fourth-order valence-electron chi connectivity index (χ4n) is 1.52. The van der Waals surface area contributed by atoms with Crippen molar-refractivity contribution in [2.45, 2.75) is 24.8 Å². The van der Waals surface area contributed by atoms with Crippen LogP contribution >= 0.6 is 23.1 Å². The maximum atomic E-state index is 8.95. The lowest BCUT2D eigenvalue weighted by molar-refractivity contribution is 0.282. The third kappa shape index (κ3) is 3.56. The molecular weight excluding hydrogens is 250 g/mol. The number of nitrogens with zero attached hydrogens (tertiary/aromatic N) is 1. The Labute approximate surface area is 110 Å². The summed E-state index contributed by atoms with van der Waals surface area (Å²) in [5.41, 5.74) is 4.03. The van der Waals surface area contributed by atoms with Crippen LogP contribution in [0.4, 0.5) is 0 Å². The van der Waals surface area contributed by atoms with Gasteiger partial charge in [-0.2, -0.15) is 0 Å². The molecule has 90 valence electrons. The Morgan fingerprint density at radius 1 is 1.29 bits per heavy atom. The Bertz CT molecular complexity index is 465. The van der Waals surface area contributed by atoms with Crippen LogP contribution in [-0.4, -0.2) is 15.8 Å². The Morgan fingerprint density at radius 2 is 2.06 bits per heavy atom. The molecule has 2 nitrogen and oxygen atoms in total. The van der Waals surface area contributed by atoms with Crippen LogP contribution in [0, 0.1) is 6.92 Å². The molecule has 1 aromatic carbocycles. The lowest BCUT2D eigenvalue weighted by atomic mass is 10.2. The molecule has 1 heterocycles. The number of aliphatic hydroxyl groups excluding tert-OH is 1. The van der Waals surface area contributed by atoms with Gasteiger partial charge in [0.1, 0.15) is 0 Å². The second kappa shape index (κ2) is 6.19. The molecule has 0 unspecified atom stereocenters. The molecule has 0 aliphatic heterocycles. The Morgan fingerprint density at radius 3 is 2.65 bits per heavy atom. The average Bonchev–Trinajstić information content (AvgIpc) is 2.76. The summed E-state index contributed by atoms with van der Waals surface area (Å²) in [7, 11) is 0. The van der Waals surface area contributed by atoms with Crippen LogP contribution in [0.15, 0.2) is 34.7 Å². The van der Waals surface area contributed by atoms with Crippen molar-refractivity contribution in [2.75, 3.05) is 5.75 Å². The van der Waals surface area contributed by atoms with Gasteiger partial charge in [-0.25, -0.2) is 4.98 Å². The van der Waals surface area contributed by atoms with E-state index in [-0.39, 0.29) is 6.61 Å². The van der Waals surface area contributed by atoms with Crippen molar-refractivity contribution in [3.05, 3.63) is 45.9 Å². The molecule has 0 saturated heterocycles. The SMILES string of the molecule is Cc1ncsc1CCSc1ccc(CO)cc1. The third-order valence-corrected chi connectivity index (χ3v) is 4.56. The van der Waals surface area contributed by atoms with Crippen LogP contribution in [-0.2, 0) is 13.0 Å². The molecule has 0 fully saturated rings. The van der Waals surface area contributed by atoms with E-state index in [1.807, 2.05) is 29.4 Å². The molecule has 0 saturated carbocycles. The molecule has 2 aromatic rings. The quantitative estimate of drug-likeness (QED) is 0.842. The molecule has 0 aliphatic rings. The van der Waals surface area contributed by atoms with Crippen molar-refractivity contribution in [1.29, 1.82) is 0 Å². The zero-order valence-electron chi connectivity index (χ0n) is 9.72. The van der Waals surface area contributed by atoms with Crippen molar-refractivity contribution >= 4 is 23.1 Å². The van der Waals surface area contributed by atoms with E-state index >= 15 is 0 Å². The second-order valence-electron chi connectivity index (χ2n) is 3.76. The highest BCUT2D eigenvalue weighted by Gasteiger charge is 2.01. The predicted octanol–water partition coefficient (Wildman–Crippen LogP) is 3.28. The zero-order chi connectivity index (χ0) is 12.1. The first-order chi connectivity index (χ1) is 8.29. The van der Waals surface area contributed by atoms with E-state index in [9.17, 15) is 0 Å². The summed E-state index contributed by atoms with van der Waals surface area (Å²) in [6.45, 7) is 2.18. The molecule has 1 aromatic heterocycles. The zero-order valence-corrected chi connectivity index (χ0v) is 11.4. The monoisotopic (exact) mass is 265 g/mol. The van der Waals surface area contributed by atoms with Crippen LogP contribution in [0.1, 0.15) is 16.1 Å². The van der Waals surface area contributed by atoms with Crippen LogP contribution in [0.25, 0.3) is 0 Å². The van der Waals surface area contributed by atoms with Gasteiger partial charge in [0.2, 0.25) is 0 Å². The first-order valence-corrected chi connectivity index (χ1v) is 7.37. The number of thiazole rings is 1. The second-order valence-corrected chi connectivity index (χ2v) is 5.87. The van der Waals surface area contributed by atoms with Gasteiger partial charge >= 0.3 is 0 Å². The van der Waals surface area contributed by atoms with E-state index in [1.165, 1.54) is 9.77 Å². The number of hydrogen-bond donors (Lipinski definition) is 1. The highest BCUT2D eigenvalue weighted by atomic mass is 32.2. The lowest BCUT2D eigenvalue weighted by Gasteiger charge is -2.02. The van der Waals surface area contributed by atoms with Gasteiger partial charge in [-0.3, -0.25) is 0 Å². The summed E-state index contributed by atoms with van der Waals surface area (Å²) in [6, 6.07) is 8.08. The number of aliphatic hydroxyl groups is 1. The largest absolute Gasteiger partial charge is 0.392 e. The third-order valence-electron chi connectivity index (χ3n) is 2.55. The molecular formula is C13H15NOS2. The van der Waals surface area contributed by atoms with Crippen molar-refractivity contribution in [3.8, 4) is 0 Å². The van der Waals surface area contributed by atoms with Crippen molar-refractivity contribution in [3.63, 3.8) is 0 Å². The van der Waals surface area contributed by atoms with Crippen molar-refractivity contribution in [1.82, 2.24) is 4.98 Å². The van der Waals surface area contributed by atoms with Crippen LogP contribution in [0.2, 0.25) is 0 Å². The van der Waals surface area contributed by atoms with E-state index in [4.69, 9.17) is 5.11 Å². The summed E-state index contributed by atoms with van der Waals surface area (Å²) < 4.78 is 0. The molecule has 0 aliphatic carbocycles. The van der Waals surface area contributed by atoms with E-state index in [2.05, 4.69) is 24.0 Å². The fraction of sp³-hybridized carbons (Fsp3) is 0.308. The molecule has 17 heavy (non-hydrogen) atoms. The first kappa shape index (κ1) is 12.6. The number of benzene rings is 1. The van der Waals surface area contributed by atoms with Crippen molar-refractivity contribution < 1.29 is 5.11 Å². The molecule has 0 radical (unpaired) electrons. The minimum Gasteiger partial charge on any atom is -0.392 e. The molecule has 0 atom stereocenters. The van der Waals surface area contributed by atoms with Gasteiger partial charge < -0.3 is 5.11 Å². The summed E-state index contributed by atoms with van der Waals surface area (Å²) in [5, 5.41) is 8.95. The fourth-order valence-corrected chi connectivity index (χ4v) is 3.30. The summed E-state index contributed by atoms with van der Waals surface area (Å²) >= 11 is 3.58. The smallest absolute Gasteiger partial charge is 0.0797 e. The summed E-state index contributed by atoms with van der Waals surface area (Å²) in [4.78, 5) is 6.88. The van der Waals surface area contributed by atoms with Gasteiger partial charge in [0.05, 0.1) is 17.8 Å². The Kier molecular flexibility index (Phi) is 4.59. The molecule has 0 bridgehead atoms. The van der Waals surface area contributed by atoms with Crippen molar-refractivity contribution in [2.24, 2.45) is 0 Å². The number of hydrogen-bond acceptors (Lipinski definition) is 4. The topological polar surface area (TPSA) is 33.1 Å². The van der Waals surface area contributed by atoms with E-state index in [1.54, 1.807) is 11.3 Å². The van der Waals surface area contributed by atoms with Gasteiger partial charge in [-0.1, -0.05) is 12.1 Å². The van der Waals surface area contributed by atoms with Crippen LogP contribution in [0.3, 0.4) is 0 Å². The van der Waals surface area contributed by atoms with Crippen LogP contribution in [0.5, 0.6) is 0 Å². The Balaban J connectivity index is 1.83. The number of aryl methyl sites for hydroxylation is 2. The van der Waals surface area contributed by atoms with Gasteiger partial charge in [-0.15, -0.1) is 23.1 Å². The summed E-state index contributed by atoms with van der Waals surface area (Å²) in [6.07, 6.45) is 1.07. The maximum Gasteiger partial charge on any atom is 0.0797 e. The van der Waals surface area contributed by atoms with E-state index in [0.717, 1.165) is 23.4 Å². The number of aromatic nitrogens is 1. The minimum atomic E-state index is 0.116. The predicted molar refractivity (Wildman–Crippen MR) is 73.6 cm³/mol. The maximum absolute atomic E-state index is 8.95.